The fraction of sp³-hybridized carbons (Fsp3) is 0.471. The number of nitrogens with zero attached hydrogens (tertiary/aromatic N) is 4. The van der Waals surface area contributed by atoms with E-state index < -0.39 is 0 Å². The average molecular weight is 298 g/mol. The summed E-state index contributed by atoms with van der Waals surface area (Å²) in [4.78, 5) is 18.4. The van der Waals surface area contributed by atoms with Crippen molar-refractivity contribution in [1.29, 1.82) is 0 Å². The van der Waals surface area contributed by atoms with Crippen LogP contribution < -0.4 is 0 Å². The molecule has 1 aliphatic rings. The number of rotatable bonds is 4. The second kappa shape index (κ2) is 6.73. The zero-order valence-corrected chi connectivity index (χ0v) is 13.0. The summed E-state index contributed by atoms with van der Waals surface area (Å²) >= 11 is 0. The van der Waals surface area contributed by atoms with Crippen LogP contribution in [0.1, 0.15) is 36.4 Å². The number of piperidine rings is 1. The SMILES string of the molecule is Cc1cnn([C@H]2CCCN(C(=O)CCc3ccncc3)C2)c1. The van der Waals surface area contributed by atoms with Gasteiger partial charge in [0, 0.05) is 38.1 Å². The lowest BCUT2D eigenvalue weighted by Crippen LogP contribution is -2.40. The molecular weight excluding hydrogens is 276 g/mol. The minimum absolute atomic E-state index is 0.241. The summed E-state index contributed by atoms with van der Waals surface area (Å²) in [6.07, 6.45) is 11.0. The van der Waals surface area contributed by atoms with E-state index in [1.54, 1.807) is 12.4 Å². The van der Waals surface area contributed by atoms with Gasteiger partial charge in [-0.1, -0.05) is 0 Å². The number of amides is 1. The van der Waals surface area contributed by atoms with Gasteiger partial charge in [-0.3, -0.25) is 14.5 Å². The van der Waals surface area contributed by atoms with Crippen LogP contribution in [0.15, 0.2) is 36.9 Å². The number of carbonyl (C=O) groups is 1. The van der Waals surface area contributed by atoms with E-state index in [2.05, 4.69) is 16.3 Å². The largest absolute Gasteiger partial charge is 0.341 e. The van der Waals surface area contributed by atoms with Gasteiger partial charge in [-0.05, 0) is 49.4 Å². The lowest BCUT2D eigenvalue weighted by Gasteiger charge is -2.33. The molecule has 3 rings (SSSR count). The maximum Gasteiger partial charge on any atom is 0.222 e. The standard InChI is InChI=1S/C17H22N4O/c1-14-11-19-21(12-14)16-3-2-10-20(13-16)17(22)5-4-15-6-8-18-9-7-15/h6-9,11-12,16H,2-5,10,13H2,1H3/t16-/m0/s1. The van der Waals surface area contributed by atoms with Crippen LogP contribution in [0.25, 0.3) is 0 Å². The van der Waals surface area contributed by atoms with Crippen molar-refractivity contribution < 1.29 is 4.79 Å². The minimum atomic E-state index is 0.241. The summed E-state index contributed by atoms with van der Waals surface area (Å²) in [6.45, 7) is 3.69. The number of aryl methyl sites for hydroxylation is 2. The van der Waals surface area contributed by atoms with Crippen molar-refractivity contribution in [1.82, 2.24) is 19.7 Å². The van der Waals surface area contributed by atoms with Crippen LogP contribution in [-0.4, -0.2) is 38.7 Å². The van der Waals surface area contributed by atoms with Gasteiger partial charge < -0.3 is 4.90 Å². The van der Waals surface area contributed by atoms with Gasteiger partial charge in [-0.25, -0.2) is 0 Å². The topological polar surface area (TPSA) is 51.0 Å². The Morgan fingerprint density at radius 2 is 2.18 bits per heavy atom. The molecule has 5 heteroatoms. The van der Waals surface area contributed by atoms with E-state index >= 15 is 0 Å². The van der Waals surface area contributed by atoms with Crippen LogP contribution in [0, 0.1) is 6.92 Å². The molecule has 0 bridgehead atoms. The molecule has 0 spiro atoms. The summed E-state index contributed by atoms with van der Waals surface area (Å²) in [5, 5.41) is 4.40. The van der Waals surface area contributed by atoms with Gasteiger partial charge in [0.15, 0.2) is 0 Å². The number of hydrogen-bond donors (Lipinski definition) is 0. The number of carbonyl (C=O) groups excluding carboxylic acids is 1. The molecule has 5 nitrogen and oxygen atoms in total. The molecule has 22 heavy (non-hydrogen) atoms. The molecule has 116 valence electrons. The number of aromatic nitrogens is 3. The first-order chi connectivity index (χ1) is 10.7. The smallest absolute Gasteiger partial charge is 0.222 e. The van der Waals surface area contributed by atoms with E-state index in [0.29, 0.717) is 12.5 Å². The molecule has 1 amide bonds. The highest BCUT2D eigenvalue weighted by molar-refractivity contribution is 5.76. The molecule has 3 heterocycles. The molecule has 0 aromatic carbocycles. The molecular formula is C17H22N4O. The van der Waals surface area contributed by atoms with Crippen LogP contribution in [0.3, 0.4) is 0 Å². The third-order valence-corrected chi connectivity index (χ3v) is 4.23. The van der Waals surface area contributed by atoms with E-state index in [-0.39, 0.29) is 5.91 Å². The number of hydrogen-bond acceptors (Lipinski definition) is 3. The van der Waals surface area contributed by atoms with Crippen LogP contribution in [0.5, 0.6) is 0 Å². The normalized spacial score (nSPS) is 18.4. The lowest BCUT2D eigenvalue weighted by atomic mass is 10.0. The fourth-order valence-electron chi connectivity index (χ4n) is 2.99. The molecule has 0 aliphatic carbocycles. The summed E-state index contributed by atoms with van der Waals surface area (Å²) in [5.41, 5.74) is 2.33. The molecule has 2 aromatic rings. The molecule has 0 N–H and O–H groups in total. The third-order valence-electron chi connectivity index (χ3n) is 4.23. The van der Waals surface area contributed by atoms with Gasteiger partial charge in [-0.15, -0.1) is 0 Å². The highest BCUT2D eigenvalue weighted by atomic mass is 16.2. The monoisotopic (exact) mass is 298 g/mol. The average Bonchev–Trinajstić information content (AvgIpc) is 3.00. The van der Waals surface area contributed by atoms with Gasteiger partial charge >= 0.3 is 0 Å². The summed E-state index contributed by atoms with van der Waals surface area (Å²) < 4.78 is 2.01. The van der Waals surface area contributed by atoms with E-state index in [4.69, 9.17) is 0 Å². The Labute approximate surface area is 131 Å². The molecule has 0 unspecified atom stereocenters. The Balaban J connectivity index is 1.56. The van der Waals surface area contributed by atoms with Gasteiger partial charge in [0.1, 0.15) is 0 Å². The lowest BCUT2D eigenvalue weighted by molar-refractivity contribution is -0.132. The van der Waals surface area contributed by atoms with Gasteiger partial charge in [0.2, 0.25) is 5.91 Å². The number of pyridine rings is 1. The van der Waals surface area contributed by atoms with Crippen LogP contribution in [0.4, 0.5) is 0 Å². The van der Waals surface area contributed by atoms with Crippen LogP contribution in [0.2, 0.25) is 0 Å². The molecule has 0 radical (unpaired) electrons. The maximum absolute atomic E-state index is 12.4. The van der Waals surface area contributed by atoms with Crippen molar-refractivity contribution in [2.45, 2.75) is 38.6 Å². The van der Waals surface area contributed by atoms with Crippen LogP contribution >= 0.6 is 0 Å². The van der Waals surface area contributed by atoms with Crippen molar-refractivity contribution in [2.75, 3.05) is 13.1 Å². The van der Waals surface area contributed by atoms with E-state index in [0.717, 1.165) is 32.4 Å². The predicted octanol–water partition coefficient (Wildman–Crippen LogP) is 2.38. The molecule has 1 fully saturated rings. The predicted molar refractivity (Wildman–Crippen MR) is 84.4 cm³/mol. The van der Waals surface area contributed by atoms with Crippen molar-refractivity contribution in [3.8, 4) is 0 Å². The van der Waals surface area contributed by atoms with Crippen molar-refractivity contribution in [2.24, 2.45) is 0 Å². The Kier molecular flexibility index (Phi) is 4.51. The summed E-state index contributed by atoms with van der Waals surface area (Å²) in [5.74, 6) is 0.241. The third kappa shape index (κ3) is 3.53. The van der Waals surface area contributed by atoms with Crippen molar-refractivity contribution in [3.63, 3.8) is 0 Å². The fourth-order valence-corrected chi connectivity index (χ4v) is 2.99. The van der Waals surface area contributed by atoms with Gasteiger partial charge in [0.25, 0.3) is 0 Å². The second-order valence-corrected chi connectivity index (χ2v) is 5.99. The van der Waals surface area contributed by atoms with E-state index in [9.17, 15) is 4.79 Å². The zero-order chi connectivity index (χ0) is 15.4. The first-order valence-corrected chi connectivity index (χ1v) is 7.90. The zero-order valence-electron chi connectivity index (χ0n) is 13.0. The highest BCUT2D eigenvalue weighted by Crippen LogP contribution is 2.22. The molecule has 1 aliphatic heterocycles. The first-order valence-electron chi connectivity index (χ1n) is 7.90. The molecule has 1 saturated heterocycles. The Morgan fingerprint density at radius 1 is 1.36 bits per heavy atom. The molecule has 0 saturated carbocycles. The molecule has 1 atom stereocenters. The van der Waals surface area contributed by atoms with Crippen molar-refractivity contribution >= 4 is 5.91 Å². The van der Waals surface area contributed by atoms with E-state index in [1.165, 1.54) is 11.1 Å². The van der Waals surface area contributed by atoms with Gasteiger partial charge in [-0.2, -0.15) is 5.10 Å². The quantitative estimate of drug-likeness (QED) is 0.871. The highest BCUT2D eigenvalue weighted by Gasteiger charge is 2.24. The van der Waals surface area contributed by atoms with Crippen LogP contribution in [-0.2, 0) is 11.2 Å². The summed E-state index contributed by atoms with van der Waals surface area (Å²) in [6, 6.07) is 4.25. The number of likely N-dealkylation sites (tertiary alicyclic amines) is 1. The van der Waals surface area contributed by atoms with E-state index in [1.807, 2.05) is 34.8 Å². The Hall–Kier alpha value is -2.17. The minimum Gasteiger partial charge on any atom is -0.341 e. The Bertz CT molecular complexity index is 623. The van der Waals surface area contributed by atoms with Gasteiger partial charge in [0.05, 0.1) is 12.2 Å². The maximum atomic E-state index is 12.4. The van der Waals surface area contributed by atoms with Crippen molar-refractivity contribution in [3.05, 3.63) is 48.0 Å². The second-order valence-electron chi connectivity index (χ2n) is 5.99. The first kappa shape index (κ1) is 14.8. The molecule has 2 aromatic heterocycles. The summed E-state index contributed by atoms with van der Waals surface area (Å²) in [7, 11) is 0. The Morgan fingerprint density at radius 3 is 2.91 bits per heavy atom.